The molecule has 0 N–H and O–H groups in total. The highest BCUT2D eigenvalue weighted by Gasteiger charge is 2.26. The van der Waals surface area contributed by atoms with Crippen LogP contribution in [0.25, 0.3) is 0 Å². The second-order valence-corrected chi connectivity index (χ2v) is 8.78. The third-order valence-corrected chi connectivity index (χ3v) is 5.11. The van der Waals surface area contributed by atoms with Crippen LogP contribution in [0, 0.1) is 0 Å². The van der Waals surface area contributed by atoms with Gasteiger partial charge in [-0.1, -0.05) is 74.3 Å². The van der Waals surface area contributed by atoms with E-state index in [1.807, 2.05) is 75.4 Å². The zero-order valence-corrected chi connectivity index (χ0v) is 20.5. The second-order valence-electron chi connectivity index (χ2n) is 8.78. The molecule has 0 fully saturated rings. The van der Waals surface area contributed by atoms with Crippen molar-refractivity contribution in [3.63, 3.8) is 0 Å². The van der Waals surface area contributed by atoms with E-state index in [1.54, 1.807) is 0 Å². The van der Waals surface area contributed by atoms with Gasteiger partial charge in [0, 0.05) is 22.6 Å². The van der Waals surface area contributed by atoms with Gasteiger partial charge in [-0.2, -0.15) is 0 Å². The molecule has 3 rings (SSSR count). The third-order valence-electron chi connectivity index (χ3n) is 5.11. The van der Waals surface area contributed by atoms with E-state index in [1.165, 1.54) is 0 Å². The maximum Gasteiger partial charge on any atom is 0.123 e. The lowest BCUT2D eigenvalue weighted by Gasteiger charge is -2.26. The van der Waals surface area contributed by atoms with Crippen molar-refractivity contribution in [1.82, 2.24) is 0 Å². The van der Waals surface area contributed by atoms with Crippen LogP contribution in [0.5, 0.6) is 17.2 Å². The first-order chi connectivity index (χ1) is 16.4. The number of ether oxygens (including phenoxy) is 3. The summed E-state index contributed by atoms with van der Waals surface area (Å²) in [4.78, 5) is 0. The normalized spacial score (nSPS) is 10.6. The first-order valence-electron chi connectivity index (χ1n) is 11.4. The maximum absolute atomic E-state index is 6.19. The molecular formula is C31H34O3. The molecule has 0 atom stereocenters. The van der Waals surface area contributed by atoms with Gasteiger partial charge in [-0.15, -0.1) is 0 Å². The largest absolute Gasteiger partial charge is 0.489 e. The molecule has 0 saturated carbocycles. The monoisotopic (exact) mass is 454 g/mol. The van der Waals surface area contributed by atoms with Crippen LogP contribution in [0.3, 0.4) is 0 Å². The number of hydrogen-bond donors (Lipinski definition) is 0. The maximum atomic E-state index is 6.19. The van der Waals surface area contributed by atoms with Crippen LogP contribution < -0.4 is 14.2 Å². The molecule has 0 heterocycles. The Morgan fingerprint density at radius 3 is 1.06 bits per heavy atom. The minimum atomic E-state index is -0.177. The van der Waals surface area contributed by atoms with Gasteiger partial charge in [0.1, 0.15) is 37.1 Å². The first-order valence-corrected chi connectivity index (χ1v) is 11.4. The molecule has 34 heavy (non-hydrogen) atoms. The van der Waals surface area contributed by atoms with E-state index in [-0.39, 0.29) is 5.92 Å². The Hall–Kier alpha value is -3.72. The van der Waals surface area contributed by atoms with Crippen LogP contribution in [0.4, 0.5) is 0 Å². The fraction of sp³-hybridized carbons (Fsp3) is 0.226. The van der Waals surface area contributed by atoms with E-state index in [0.717, 1.165) is 50.7 Å². The summed E-state index contributed by atoms with van der Waals surface area (Å²) in [5.41, 5.74) is 5.97. The molecule has 0 radical (unpaired) electrons. The summed E-state index contributed by atoms with van der Waals surface area (Å²) in [5, 5.41) is 0. The molecule has 0 bridgehead atoms. The molecule has 0 aliphatic carbocycles. The van der Waals surface area contributed by atoms with Gasteiger partial charge in [-0.25, -0.2) is 0 Å². The smallest absolute Gasteiger partial charge is 0.123 e. The fourth-order valence-corrected chi connectivity index (χ4v) is 3.66. The highest BCUT2D eigenvalue weighted by Crippen LogP contribution is 2.44. The third kappa shape index (κ3) is 6.64. The Balaban J connectivity index is 2.20. The lowest BCUT2D eigenvalue weighted by molar-refractivity contribution is 0.338. The Labute approximate surface area is 204 Å². The zero-order chi connectivity index (χ0) is 24.5. The van der Waals surface area contributed by atoms with Crippen molar-refractivity contribution in [2.75, 3.05) is 19.8 Å². The quantitative estimate of drug-likeness (QED) is 0.207. The predicted octanol–water partition coefficient (Wildman–Crippen LogP) is 7.73. The topological polar surface area (TPSA) is 27.7 Å². The van der Waals surface area contributed by atoms with Gasteiger partial charge in [-0.3, -0.25) is 0 Å². The summed E-state index contributed by atoms with van der Waals surface area (Å²) in [6.07, 6.45) is 0. The van der Waals surface area contributed by atoms with Gasteiger partial charge in [0.25, 0.3) is 0 Å². The minimum absolute atomic E-state index is 0.177. The summed E-state index contributed by atoms with van der Waals surface area (Å²) in [6.45, 7) is 19.2. The summed E-state index contributed by atoms with van der Waals surface area (Å²) < 4.78 is 18.6. The van der Waals surface area contributed by atoms with Gasteiger partial charge in [0.05, 0.1) is 0 Å². The Kier molecular flexibility index (Phi) is 8.75. The minimum Gasteiger partial charge on any atom is -0.489 e. The summed E-state index contributed by atoms with van der Waals surface area (Å²) in [5.74, 6) is 2.24. The van der Waals surface area contributed by atoms with Crippen LogP contribution in [0.15, 0.2) is 109 Å². The van der Waals surface area contributed by atoms with Crippen LogP contribution in [-0.4, -0.2) is 19.8 Å². The van der Waals surface area contributed by atoms with Crippen molar-refractivity contribution in [3.05, 3.63) is 126 Å². The van der Waals surface area contributed by atoms with Gasteiger partial charge in [-0.05, 0) is 55.7 Å². The van der Waals surface area contributed by atoms with Gasteiger partial charge >= 0.3 is 0 Å². The fourth-order valence-electron chi connectivity index (χ4n) is 3.66. The van der Waals surface area contributed by atoms with Gasteiger partial charge < -0.3 is 14.2 Å². The lowest BCUT2D eigenvalue weighted by Crippen LogP contribution is -2.12. The van der Waals surface area contributed by atoms with Gasteiger partial charge in [0.2, 0.25) is 0 Å². The molecule has 3 heteroatoms. The summed E-state index contributed by atoms with van der Waals surface area (Å²) >= 11 is 0. The van der Waals surface area contributed by atoms with Crippen LogP contribution >= 0.6 is 0 Å². The Morgan fingerprint density at radius 1 is 0.529 bits per heavy atom. The molecule has 0 spiro atoms. The van der Waals surface area contributed by atoms with Crippen molar-refractivity contribution in [2.24, 2.45) is 0 Å². The second kappa shape index (κ2) is 11.9. The molecule has 3 nitrogen and oxygen atoms in total. The van der Waals surface area contributed by atoms with E-state index in [2.05, 4.69) is 37.9 Å². The molecule has 0 aliphatic rings. The summed E-state index contributed by atoms with van der Waals surface area (Å²) in [7, 11) is 0. The number of benzene rings is 3. The van der Waals surface area contributed by atoms with Crippen molar-refractivity contribution in [3.8, 4) is 17.2 Å². The SMILES string of the molecule is C=C(C)COc1ccccc1C(c1ccccc1OCC(=C)C)c1ccccc1OCC(=C)C. The van der Waals surface area contributed by atoms with Crippen LogP contribution in [-0.2, 0) is 0 Å². The first kappa shape index (κ1) is 24.9. The Morgan fingerprint density at radius 2 is 0.794 bits per heavy atom. The molecule has 0 amide bonds. The molecule has 3 aromatic rings. The van der Waals surface area contributed by atoms with Crippen molar-refractivity contribution in [2.45, 2.75) is 26.7 Å². The van der Waals surface area contributed by atoms with E-state index in [4.69, 9.17) is 14.2 Å². The predicted molar refractivity (Wildman–Crippen MR) is 141 cm³/mol. The molecular weight excluding hydrogens is 420 g/mol. The van der Waals surface area contributed by atoms with Crippen LogP contribution in [0.1, 0.15) is 43.4 Å². The molecule has 3 aromatic carbocycles. The van der Waals surface area contributed by atoms with Crippen LogP contribution in [0.2, 0.25) is 0 Å². The molecule has 176 valence electrons. The lowest BCUT2D eigenvalue weighted by atomic mass is 9.83. The number of para-hydroxylation sites is 3. The van der Waals surface area contributed by atoms with Crippen molar-refractivity contribution < 1.29 is 14.2 Å². The standard InChI is InChI=1S/C31H34O3/c1-22(2)19-32-28-16-10-7-13-25(28)31(26-14-8-11-17-29(26)33-20-23(3)4)27-15-9-12-18-30(27)34-21-24(5)6/h7-18,31H,1,3,5,19-21H2,2,4,6H3. The van der Waals surface area contributed by atoms with Gasteiger partial charge in [0.15, 0.2) is 0 Å². The number of rotatable bonds is 12. The molecule has 0 saturated heterocycles. The summed E-state index contributed by atoms with van der Waals surface area (Å²) in [6, 6.07) is 24.4. The highest BCUT2D eigenvalue weighted by molar-refractivity contribution is 5.56. The highest BCUT2D eigenvalue weighted by atomic mass is 16.5. The van der Waals surface area contributed by atoms with E-state index < -0.39 is 0 Å². The van der Waals surface area contributed by atoms with Crippen molar-refractivity contribution in [1.29, 1.82) is 0 Å². The van der Waals surface area contributed by atoms with Crippen molar-refractivity contribution >= 4 is 0 Å². The zero-order valence-electron chi connectivity index (χ0n) is 20.5. The molecule has 0 aliphatic heterocycles. The van der Waals surface area contributed by atoms with E-state index >= 15 is 0 Å². The molecule has 0 unspecified atom stereocenters. The molecule has 0 aromatic heterocycles. The Bertz CT molecular complexity index is 1010. The van der Waals surface area contributed by atoms with E-state index in [9.17, 15) is 0 Å². The van der Waals surface area contributed by atoms with E-state index in [0.29, 0.717) is 19.8 Å². The average Bonchev–Trinajstić information content (AvgIpc) is 2.82. The average molecular weight is 455 g/mol. The number of hydrogen-bond acceptors (Lipinski definition) is 3.